The molecule has 0 radical (unpaired) electrons. The molecule has 3 heterocycles. The summed E-state index contributed by atoms with van der Waals surface area (Å²) in [6.07, 6.45) is 1.56. The number of aromatic nitrogens is 6. The van der Waals surface area contributed by atoms with Crippen molar-refractivity contribution in [2.75, 3.05) is 23.3 Å². The van der Waals surface area contributed by atoms with Crippen molar-refractivity contribution >= 4 is 34.5 Å². The summed E-state index contributed by atoms with van der Waals surface area (Å²) in [5.41, 5.74) is 6.69. The summed E-state index contributed by atoms with van der Waals surface area (Å²) in [5.74, 6) is 0.541. The van der Waals surface area contributed by atoms with E-state index in [2.05, 4.69) is 68.2 Å². The molecule has 0 aliphatic carbocycles. The number of nitrogens with zero attached hydrogens (tertiary/aromatic N) is 7. The number of carbonyl (C=O) groups excluding carboxylic acids is 1. The van der Waals surface area contributed by atoms with E-state index >= 15 is 0 Å². The van der Waals surface area contributed by atoms with Gasteiger partial charge in [0.25, 0.3) is 0 Å². The molecule has 2 N–H and O–H groups in total. The number of hydrogen-bond donors (Lipinski definition) is 2. The third-order valence-electron chi connectivity index (χ3n) is 5.77. The van der Waals surface area contributed by atoms with Gasteiger partial charge in [0.15, 0.2) is 0 Å². The van der Waals surface area contributed by atoms with Crippen LogP contribution in [0.2, 0.25) is 0 Å². The van der Waals surface area contributed by atoms with E-state index < -0.39 is 0 Å². The molecule has 4 aromatic rings. The van der Waals surface area contributed by atoms with Gasteiger partial charge in [0, 0.05) is 37.2 Å². The van der Waals surface area contributed by atoms with Crippen molar-refractivity contribution in [3.63, 3.8) is 0 Å². The molecule has 0 amide bonds. The van der Waals surface area contributed by atoms with E-state index in [4.69, 9.17) is 0 Å². The van der Waals surface area contributed by atoms with Crippen LogP contribution >= 0.6 is 0 Å². The number of anilines is 3. The van der Waals surface area contributed by atoms with E-state index in [-0.39, 0.29) is 5.70 Å². The summed E-state index contributed by atoms with van der Waals surface area (Å²) in [6.45, 7) is 14.1. The lowest BCUT2D eigenvalue weighted by molar-refractivity contribution is 0.565. The van der Waals surface area contributed by atoms with Gasteiger partial charge < -0.3 is 10.2 Å². The maximum absolute atomic E-state index is 10.9. The number of H-pyrrole nitrogens is 1. The van der Waals surface area contributed by atoms with Crippen LogP contribution in [0.3, 0.4) is 0 Å². The van der Waals surface area contributed by atoms with Crippen molar-refractivity contribution in [2.45, 2.75) is 27.7 Å². The highest BCUT2D eigenvalue weighted by Crippen LogP contribution is 2.33. The summed E-state index contributed by atoms with van der Waals surface area (Å²) in [7, 11) is 1.87. The predicted octanol–water partition coefficient (Wildman–Crippen LogP) is 3.97. The highest BCUT2D eigenvalue weighted by Gasteiger charge is 2.22. The number of fused-ring (bicyclic) bond motifs is 1. The van der Waals surface area contributed by atoms with Crippen molar-refractivity contribution < 1.29 is 4.79 Å². The Kier molecular flexibility index (Phi) is 5.85. The smallest absolute Gasteiger partial charge is 0.240 e. The van der Waals surface area contributed by atoms with Crippen LogP contribution in [-0.4, -0.2) is 48.8 Å². The maximum Gasteiger partial charge on any atom is 0.240 e. The lowest BCUT2D eigenvalue weighted by Gasteiger charge is -2.22. The minimum Gasteiger partial charge on any atom is -0.372 e. The van der Waals surface area contributed by atoms with Crippen LogP contribution in [-0.2, 0) is 11.8 Å². The van der Waals surface area contributed by atoms with Crippen LogP contribution in [0.5, 0.6) is 0 Å². The monoisotopic (exact) mass is 445 g/mol. The molecular formula is C23H27N9O. The summed E-state index contributed by atoms with van der Waals surface area (Å²) >= 11 is 0. The number of isocyanates is 1. The van der Waals surface area contributed by atoms with Gasteiger partial charge >= 0.3 is 0 Å². The standard InChI is InChI=1S/C23H27N9O/c1-7-31(8-2)17-9-10-18(14(3)11-17)25-21-20(16(5)24-13-33)29-32-22(26-27-23(21)32)19-12-15(4)30(6)28-19/h9-12,25,29H,5,7-8H2,1-4,6H3. The molecule has 0 saturated carbocycles. The first-order valence-electron chi connectivity index (χ1n) is 10.8. The van der Waals surface area contributed by atoms with Gasteiger partial charge in [-0.15, -0.1) is 10.2 Å². The van der Waals surface area contributed by atoms with Crippen molar-refractivity contribution in [3.8, 4) is 11.5 Å². The van der Waals surface area contributed by atoms with E-state index in [0.717, 1.165) is 35.7 Å². The Morgan fingerprint density at radius 1 is 1.24 bits per heavy atom. The predicted molar refractivity (Wildman–Crippen MR) is 129 cm³/mol. The van der Waals surface area contributed by atoms with Gasteiger partial charge in [0.2, 0.25) is 17.6 Å². The minimum absolute atomic E-state index is 0.235. The third kappa shape index (κ3) is 3.92. The van der Waals surface area contributed by atoms with Gasteiger partial charge in [-0.05, 0) is 57.5 Å². The van der Waals surface area contributed by atoms with Gasteiger partial charge in [-0.25, -0.2) is 9.31 Å². The van der Waals surface area contributed by atoms with Crippen LogP contribution in [0.4, 0.5) is 17.1 Å². The summed E-state index contributed by atoms with van der Waals surface area (Å²) in [6, 6.07) is 8.18. The topological polar surface area (TPSA) is 108 Å². The lowest BCUT2D eigenvalue weighted by Crippen LogP contribution is -2.21. The fourth-order valence-electron chi connectivity index (χ4n) is 3.81. The fraction of sp³-hybridized carbons (Fsp3) is 0.304. The normalized spacial score (nSPS) is 10.9. The number of aryl methyl sites for hydroxylation is 3. The van der Waals surface area contributed by atoms with Crippen LogP contribution in [0.15, 0.2) is 35.8 Å². The number of nitrogens with one attached hydrogen (secondary N) is 2. The van der Waals surface area contributed by atoms with Gasteiger partial charge in [0.05, 0.1) is 5.70 Å². The largest absolute Gasteiger partial charge is 0.372 e. The fourth-order valence-corrected chi connectivity index (χ4v) is 3.81. The Morgan fingerprint density at radius 2 is 2.00 bits per heavy atom. The van der Waals surface area contributed by atoms with Crippen molar-refractivity contribution in [2.24, 2.45) is 12.0 Å². The third-order valence-corrected chi connectivity index (χ3v) is 5.77. The molecule has 0 atom stereocenters. The molecule has 3 aromatic heterocycles. The first kappa shape index (κ1) is 22.0. The molecule has 4 rings (SSSR count). The van der Waals surface area contributed by atoms with E-state index in [1.54, 1.807) is 15.3 Å². The Balaban J connectivity index is 1.81. The quantitative estimate of drug-likeness (QED) is 0.314. The molecule has 0 spiro atoms. The zero-order valence-corrected chi connectivity index (χ0v) is 19.5. The number of benzene rings is 1. The van der Waals surface area contributed by atoms with Crippen LogP contribution in [0.25, 0.3) is 22.9 Å². The molecule has 0 unspecified atom stereocenters. The summed E-state index contributed by atoms with van der Waals surface area (Å²) < 4.78 is 3.49. The molecule has 170 valence electrons. The van der Waals surface area contributed by atoms with Crippen LogP contribution in [0, 0.1) is 13.8 Å². The molecule has 0 bridgehead atoms. The van der Waals surface area contributed by atoms with Gasteiger partial charge in [0.1, 0.15) is 17.1 Å². The Morgan fingerprint density at radius 3 is 2.61 bits per heavy atom. The molecule has 0 aliphatic heterocycles. The van der Waals surface area contributed by atoms with Crippen molar-refractivity contribution in [1.29, 1.82) is 0 Å². The minimum atomic E-state index is 0.235. The second kappa shape index (κ2) is 8.76. The van der Waals surface area contributed by atoms with Crippen molar-refractivity contribution in [1.82, 2.24) is 29.6 Å². The number of aromatic amines is 1. The van der Waals surface area contributed by atoms with E-state index in [0.29, 0.717) is 28.5 Å². The number of aliphatic imine (C=N–C) groups is 1. The second-order valence-electron chi connectivity index (χ2n) is 7.79. The molecule has 0 aliphatic rings. The number of hydrogen-bond acceptors (Lipinski definition) is 7. The van der Waals surface area contributed by atoms with Gasteiger partial charge in [-0.2, -0.15) is 10.1 Å². The lowest BCUT2D eigenvalue weighted by atomic mass is 10.1. The molecule has 0 saturated heterocycles. The first-order valence-corrected chi connectivity index (χ1v) is 10.8. The highest BCUT2D eigenvalue weighted by atomic mass is 16.1. The van der Waals surface area contributed by atoms with Gasteiger partial charge in [-0.3, -0.25) is 9.78 Å². The highest BCUT2D eigenvalue weighted by molar-refractivity contribution is 5.87. The molecule has 10 heteroatoms. The van der Waals surface area contributed by atoms with Crippen LogP contribution in [0.1, 0.15) is 30.8 Å². The zero-order chi connectivity index (χ0) is 23.7. The Hall–Kier alpha value is -4.17. The molecule has 33 heavy (non-hydrogen) atoms. The van der Waals surface area contributed by atoms with E-state index in [9.17, 15) is 4.79 Å². The van der Waals surface area contributed by atoms with Crippen molar-refractivity contribution in [3.05, 3.63) is 47.8 Å². The maximum atomic E-state index is 10.9. The second-order valence-corrected chi connectivity index (χ2v) is 7.79. The van der Waals surface area contributed by atoms with Gasteiger partial charge in [-0.1, -0.05) is 6.58 Å². The zero-order valence-electron chi connectivity index (χ0n) is 19.5. The molecular weight excluding hydrogens is 418 g/mol. The Labute approximate surface area is 191 Å². The Bertz CT molecular complexity index is 1360. The number of rotatable bonds is 8. The van der Waals surface area contributed by atoms with Crippen LogP contribution < -0.4 is 10.2 Å². The average Bonchev–Trinajstić information content (AvgIpc) is 3.45. The summed E-state index contributed by atoms with van der Waals surface area (Å²) in [4.78, 5) is 16.9. The van der Waals surface area contributed by atoms with E-state index in [1.807, 2.05) is 33.0 Å². The first-order chi connectivity index (χ1) is 15.9. The average molecular weight is 446 g/mol. The van der Waals surface area contributed by atoms with E-state index in [1.165, 1.54) is 0 Å². The molecule has 10 nitrogen and oxygen atoms in total. The molecule has 1 aromatic carbocycles. The summed E-state index contributed by atoms with van der Waals surface area (Å²) in [5, 5.41) is 19.9. The SMILES string of the molecule is C=C(N=C=O)c1[nH]n2c(-c3cc(C)n(C)n3)nnc2c1Nc1ccc(N(CC)CC)cc1C. The molecule has 0 fully saturated rings.